The Morgan fingerprint density at radius 1 is 1.33 bits per heavy atom. The van der Waals surface area contributed by atoms with Crippen molar-refractivity contribution < 1.29 is 14.3 Å². The fourth-order valence-corrected chi connectivity index (χ4v) is 0.347. The first kappa shape index (κ1) is 7.90. The number of rotatable bonds is 0. The Kier molecular flexibility index (Phi) is 4.43. The predicted octanol–water partition coefficient (Wildman–Crippen LogP) is -0.954. The van der Waals surface area contributed by atoms with E-state index in [2.05, 4.69) is 10.6 Å². The lowest BCUT2D eigenvalue weighted by Gasteiger charge is -2.12. The van der Waals surface area contributed by atoms with Crippen LogP contribution in [0.5, 0.6) is 0 Å². The van der Waals surface area contributed by atoms with E-state index in [0.29, 0.717) is 13.5 Å². The highest BCUT2D eigenvalue weighted by Gasteiger charge is 2.01. The van der Waals surface area contributed by atoms with Crippen LogP contribution in [0.15, 0.2) is 0 Å². The molecule has 0 unspecified atom stereocenters. The van der Waals surface area contributed by atoms with E-state index in [1.165, 1.54) is 0 Å². The van der Waals surface area contributed by atoms with Crippen molar-refractivity contribution in [3.05, 3.63) is 0 Å². The van der Waals surface area contributed by atoms with Crippen LogP contribution in [0.4, 0.5) is 4.79 Å². The van der Waals surface area contributed by atoms with Gasteiger partial charge in [0, 0.05) is 0 Å². The lowest BCUT2D eigenvalue weighted by atomic mass is 10.8. The van der Waals surface area contributed by atoms with E-state index in [9.17, 15) is 4.79 Å². The van der Waals surface area contributed by atoms with Gasteiger partial charge in [0.25, 0.3) is 0 Å². The third kappa shape index (κ3) is 3.48. The second kappa shape index (κ2) is 5.04. The number of urea groups is 1. The van der Waals surface area contributed by atoms with Crippen molar-refractivity contribution in [1.29, 1.82) is 0 Å². The first-order valence-electron chi connectivity index (χ1n) is 2.28. The van der Waals surface area contributed by atoms with Gasteiger partial charge in [-0.2, -0.15) is 0 Å². The molecule has 0 aromatic rings. The van der Waals surface area contributed by atoms with Crippen molar-refractivity contribution >= 4 is 12.8 Å². The van der Waals surface area contributed by atoms with Gasteiger partial charge in [0.15, 0.2) is 0 Å². The first-order chi connectivity index (χ1) is 4.39. The molecule has 5 heteroatoms. The van der Waals surface area contributed by atoms with Crippen molar-refractivity contribution in [3.8, 4) is 0 Å². The molecule has 0 aromatic heterocycles. The highest BCUT2D eigenvalue weighted by molar-refractivity contribution is 5.73. The highest BCUT2D eigenvalue weighted by atomic mass is 16.5. The number of nitrogens with one attached hydrogen (secondary N) is 2. The molecular weight excluding hydrogens is 124 g/mol. The molecule has 0 aliphatic carbocycles. The third-order valence-electron chi connectivity index (χ3n) is 0.670. The fourth-order valence-electron chi connectivity index (χ4n) is 0.347. The monoisotopic (exact) mass is 132 g/mol. The minimum absolute atomic E-state index is 0.161. The molecule has 1 rings (SSSR count). The van der Waals surface area contributed by atoms with Crippen molar-refractivity contribution in [2.45, 2.75) is 0 Å². The molecular formula is C4H8N2O3. The smallest absolute Gasteiger partial charge is 0.318 e. The molecule has 0 bridgehead atoms. The molecule has 5 nitrogen and oxygen atoms in total. The maximum Gasteiger partial charge on any atom is 0.318 e. The second-order valence-corrected chi connectivity index (χ2v) is 1.18. The Labute approximate surface area is 52.4 Å². The minimum Gasteiger partial charge on any atom is -0.341 e. The van der Waals surface area contributed by atoms with Crippen molar-refractivity contribution in [3.63, 3.8) is 0 Å². The summed E-state index contributed by atoms with van der Waals surface area (Å²) < 4.78 is 4.70. The summed E-state index contributed by atoms with van der Waals surface area (Å²) in [6.45, 7) is 2.65. The van der Waals surface area contributed by atoms with Crippen LogP contribution in [0.2, 0.25) is 0 Å². The molecule has 0 spiro atoms. The van der Waals surface area contributed by atoms with Gasteiger partial charge in [0.05, 0.1) is 0 Å². The van der Waals surface area contributed by atoms with Crippen LogP contribution >= 0.6 is 0 Å². The maximum atomic E-state index is 10.2. The van der Waals surface area contributed by atoms with Gasteiger partial charge in [-0.25, -0.2) is 4.79 Å². The fraction of sp³-hybridized carbons (Fsp3) is 0.500. The molecule has 0 atom stereocenters. The standard InChI is InChI=1S/C3H6N2O2.CH2O/c6-3-4-1-7-2-5-3;1-2/h1-2H2,(H2,4,5,6);1H2. The topological polar surface area (TPSA) is 67.4 Å². The Morgan fingerprint density at radius 2 is 1.78 bits per heavy atom. The Bertz CT molecular complexity index is 87.8. The van der Waals surface area contributed by atoms with Gasteiger partial charge >= 0.3 is 6.03 Å². The zero-order valence-electron chi connectivity index (χ0n) is 4.85. The number of carbonyl (C=O) groups is 2. The van der Waals surface area contributed by atoms with Crippen LogP contribution in [0.25, 0.3) is 0 Å². The number of ether oxygens (including phenoxy) is 1. The van der Waals surface area contributed by atoms with Crippen LogP contribution in [0, 0.1) is 0 Å². The summed E-state index contributed by atoms with van der Waals surface area (Å²) in [6.07, 6.45) is 0. The third-order valence-corrected chi connectivity index (χ3v) is 0.670. The molecule has 0 aromatic carbocycles. The van der Waals surface area contributed by atoms with Crippen LogP contribution in [0.3, 0.4) is 0 Å². The zero-order valence-corrected chi connectivity index (χ0v) is 4.85. The van der Waals surface area contributed by atoms with Crippen LogP contribution in [-0.2, 0) is 9.53 Å². The van der Waals surface area contributed by atoms with Crippen LogP contribution in [-0.4, -0.2) is 26.3 Å². The summed E-state index contributed by atoms with van der Waals surface area (Å²) in [5.41, 5.74) is 0. The lowest BCUT2D eigenvalue weighted by Crippen LogP contribution is -2.44. The molecule has 52 valence electrons. The second-order valence-electron chi connectivity index (χ2n) is 1.18. The molecule has 0 radical (unpaired) electrons. The first-order valence-corrected chi connectivity index (χ1v) is 2.28. The van der Waals surface area contributed by atoms with E-state index >= 15 is 0 Å². The van der Waals surface area contributed by atoms with Crippen LogP contribution < -0.4 is 10.6 Å². The minimum atomic E-state index is -0.161. The normalized spacial score (nSPS) is 16.2. The van der Waals surface area contributed by atoms with E-state index in [4.69, 9.17) is 9.53 Å². The van der Waals surface area contributed by atoms with Gasteiger partial charge in [-0.1, -0.05) is 0 Å². The molecule has 0 saturated carbocycles. The number of hydrogen-bond donors (Lipinski definition) is 2. The maximum absolute atomic E-state index is 10.2. The molecule has 1 heterocycles. The summed E-state index contributed by atoms with van der Waals surface area (Å²) in [6, 6.07) is -0.161. The van der Waals surface area contributed by atoms with Crippen LogP contribution in [0.1, 0.15) is 0 Å². The summed E-state index contributed by atoms with van der Waals surface area (Å²) in [5, 5.41) is 4.82. The van der Waals surface area contributed by atoms with Gasteiger partial charge in [-0.3, -0.25) is 0 Å². The Morgan fingerprint density at radius 3 is 2.00 bits per heavy atom. The van der Waals surface area contributed by atoms with Gasteiger partial charge < -0.3 is 20.2 Å². The van der Waals surface area contributed by atoms with Gasteiger partial charge in [0.1, 0.15) is 20.3 Å². The largest absolute Gasteiger partial charge is 0.341 e. The quantitative estimate of drug-likeness (QED) is 0.446. The number of hydrogen-bond acceptors (Lipinski definition) is 3. The molecule has 1 fully saturated rings. The number of amides is 2. The Balaban J connectivity index is 0.000000291. The van der Waals surface area contributed by atoms with E-state index in [1.807, 2.05) is 6.79 Å². The summed E-state index contributed by atoms with van der Waals surface area (Å²) >= 11 is 0. The summed E-state index contributed by atoms with van der Waals surface area (Å²) in [5.74, 6) is 0. The number of carbonyl (C=O) groups excluding carboxylic acids is 2. The van der Waals surface area contributed by atoms with E-state index in [-0.39, 0.29) is 6.03 Å². The molecule has 1 aliphatic rings. The molecule has 2 N–H and O–H groups in total. The van der Waals surface area contributed by atoms with E-state index in [0.717, 1.165) is 0 Å². The van der Waals surface area contributed by atoms with Crippen molar-refractivity contribution in [2.24, 2.45) is 0 Å². The predicted molar refractivity (Wildman–Crippen MR) is 29.6 cm³/mol. The lowest BCUT2D eigenvalue weighted by molar-refractivity contribution is -0.0979. The Hall–Kier alpha value is -1.10. The molecule has 2 amide bonds. The van der Waals surface area contributed by atoms with E-state index < -0.39 is 0 Å². The molecule has 9 heavy (non-hydrogen) atoms. The van der Waals surface area contributed by atoms with Gasteiger partial charge in [-0.15, -0.1) is 0 Å². The van der Waals surface area contributed by atoms with Gasteiger partial charge in [0.2, 0.25) is 0 Å². The average molecular weight is 132 g/mol. The van der Waals surface area contributed by atoms with Crippen molar-refractivity contribution in [1.82, 2.24) is 10.6 Å². The average Bonchev–Trinajstić information content (AvgIpc) is 1.94. The van der Waals surface area contributed by atoms with E-state index in [1.54, 1.807) is 0 Å². The zero-order chi connectivity index (χ0) is 7.11. The summed E-state index contributed by atoms with van der Waals surface area (Å²) in [4.78, 5) is 18.2. The van der Waals surface area contributed by atoms with Gasteiger partial charge in [-0.05, 0) is 0 Å². The highest BCUT2D eigenvalue weighted by Crippen LogP contribution is 1.74. The van der Waals surface area contributed by atoms with Crippen molar-refractivity contribution in [2.75, 3.05) is 13.5 Å². The summed E-state index contributed by atoms with van der Waals surface area (Å²) in [7, 11) is 0. The SMILES string of the molecule is C=O.O=C1NCOCN1. The molecule has 1 aliphatic heterocycles. The molecule has 1 saturated heterocycles.